The van der Waals surface area contributed by atoms with Crippen LogP contribution in [0, 0.1) is 5.82 Å². The summed E-state index contributed by atoms with van der Waals surface area (Å²) in [6.07, 6.45) is 3.16. The van der Waals surface area contributed by atoms with E-state index in [1.807, 2.05) is 20.2 Å². The lowest BCUT2D eigenvalue weighted by Gasteiger charge is -2.23. The van der Waals surface area contributed by atoms with Crippen LogP contribution < -0.4 is 5.32 Å². The molecule has 0 saturated heterocycles. The van der Waals surface area contributed by atoms with Gasteiger partial charge in [0.1, 0.15) is 22.6 Å². The van der Waals surface area contributed by atoms with Crippen molar-refractivity contribution in [1.82, 2.24) is 20.1 Å². The van der Waals surface area contributed by atoms with Crippen LogP contribution in [-0.4, -0.2) is 33.8 Å². The standard InChI is InChI=1S/C18H19FN4O2S/c1-11(16(25-3)12-4-6-14(19)7-5-12)21-17(24)15-10-26-18(22-15)13-8-20-23(2)9-13/h4-11,16H,1-3H3,(H,21,24)/t11-,16-/m1/s1. The maximum atomic E-state index is 13.1. The molecule has 0 radical (unpaired) electrons. The van der Waals surface area contributed by atoms with Crippen LogP contribution in [0.1, 0.15) is 29.1 Å². The van der Waals surface area contributed by atoms with Gasteiger partial charge in [0.15, 0.2) is 0 Å². The summed E-state index contributed by atoms with van der Waals surface area (Å²) in [6, 6.07) is 5.72. The van der Waals surface area contributed by atoms with Crippen molar-refractivity contribution >= 4 is 17.2 Å². The molecule has 0 bridgehead atoms. The van der Waals surface area contributed by atoms with Crippen molar-refractivity contribution in [2.45, 2.75) is 19.1 Å². The molecular formula is C18H19FN4O2S. The molecule has 1 aromatic carbocycles. The lowest BCUT2D eigenvalue weighted by molar-refractivity contribution is 0.0642. The molecule has 0 saturated carbocycles. The lowest BCUT2D eigenvalue weighted by Crippen LogP contribution is -2.37. The van der Waals surface area contributed by atoms with Gasteiger partial charge in [-0.3, -0.25) is 9.48 Å². The second-order valence-corrected chi connectivity index (χ2v) is 6.77. The summed E-state index contributed by atoms with van der Waals surface area (Å²) in [7, 11) is 3.38. The van der Waals surface area contributed by atoms with Gasteiger partial charge in [0.05, 0.1) is 12.2 Å². The van der Waals surface area contributed by atoms with Gasteiger partial charge in [0.25, 0.3) is 5.91 Å². The van der Waals surface area contributed by atoms with E-state index in [1.165, 1.54) is 23.5 Å². The quantitative estimate of drug-likeness (QED) is 0.719. The summed E-state index contributed by atoms with van der Waals surface area (Å²) in [6.45, 7) is 1.84. The van der Waals surface area contributed by atoms with Crippen LogP contribution in [0.15, 0.2) is 42.0 Å². The molecule has 0 spiro atoms. The number of aromatic nitrogens is 3. The Bertz CT molecular complexity index is 891. The molecule has 6 nitrogen and oxygen atoms in total. The molecule has 0 fully saturated rings. The van der Waals surface area contributed by atoms with Crippen molar-refractivity contribution in [3.63, 3.8) is 0 Å². The third kappa shape index (κ3) is 3.97. The highest BCUT2D eigenvalue weighted by molar-refractivity contribution is 7.13. The van der Waals surface area contributed by atoms with Gasteiger partial charge in [-0.15, -0.1) is 11.3 Å². The molecule has 3 aromatic rings. The molecule has 1 amide bonds. The Morgan fingerprint density at radius 1 is 1.35 bits per heavy atom. The summed E-state index contributed by atoms with van der Waals surface area (Å²) in [5.41, 5.74) is 2.00. The Labute approximate surface area is 154 Å². The SMILES string of the molecule is CO[C@@H](c1ccc(F)cc1)[C@@H](C)NC(=O)c1csc(-c2cnn(C)c2)n1. The fourth-order valence-electron chi connectivity index (χ4n) is 2.68. The topological polar surface area (TPSA) is 69.0 Å². The van der Waals surface area contributed by atoms with Crippen LogP contribution >= 0.6 is 11.3 Å². The van der Waals surface area contributed by atoms with Gasteiger partial charge in [-0.05, 0) is 24.6 Å². The van der Waals surface area contributed by atoms with E-state index in [4.69, 9.17) is 4.74 Å². The van der Waals surface area contributed by atoms with Crippen LogP contribution in [0.25, 0.3) is 10.6 Å². The smallest absolute Gasteiger partial charge is 0.271 e. The number of carbonyl (C=O) groups excluding carboxylic acids is 1. The molecule has 0 unspecified atom stereocenters. The van der Waals surface area contributed by atoms with E-state index >= 15 is 0 Å². The first kappa shape index (κ1) is 18.2. The number of hydrogen-bond acceptors (Lipinski definition) is 5. The number of thiazole rings is 1. The lowest BCUT2D eigenvalue weighted by atomic mass is 10.0. The molecule has 1 N–H and O–H groups in total. The van der Waals surface area contributed by atoms with Gasteiger partial charge in [-0.1, -0.05) is 12.1 Å². The van der Waals surface area contributed by atoms with E-state index in [-0.39, 0.29) is 17.8 Å². The highest BCUT2D eigenvalue weighted by Gasteiger charge is 2.22. The van der Waals surface area contributed by atoms with Crippen molar-refractivity contribution in [3.05, 3.63) is 59.1 Å². The van der Waals surface area contributed by atoms with E-state index in [0.29, 0.717) is 5.69 Å². The van der Waals surface area contributed by atoms with Crippen molar-refractivity contribution in [2.24, 2.45) is 7.05 Å². The first-order valence-electron chi connectivity index (χ1n) is 8.01. The Morgan fingerprint density at radius 2 is 2.08 bits per heavy atom. The Morgan fingerprint density at radius 3 is 2.69 bits per heavy atom. The zero-order valence-corrected chi connectivity index (χ0v) is 15.5. The Hall–Kier alpha value is -2.58. The minimum Gasteiger partial charge on any atom is -0.375 e. The average Bonchev–Trinajstić information content (AvgIpc) is 3.26. The largest absolute Gasteiger partial charge is 0.375 e. The summed E-state index contributed by atoms with van der Waals surface area (Å²) in [5, 5.41) is 9.45. The molecule has 0 aliphatic carbocycles. The predicted molar refractivity (Wildman–Crippen MR) is 97.4 cm³/mol. The van der Waals surface area contributed by atoms with Gasteiger partial charge in [0.2, 0.25) is 0 Å². The maximum absolute atomic E-state index is 13.1. The van der Waals surface area contributed by atoms with Gasteiger partial charge < -0.3 is 10.1 Å². The van der Waals surface area contributed by atoms with E-state index in [0.717, 1.165) is 16.1 Å². The van der Waals surface area contributed by atoms with Gasteiger partial charge in [-0.2, -0.15) is 5.10 Å². The molecule has 2 atom stereocenters. The minimum atomic E-state index is -0.393. The predicted octanol–water partition coefficient (Wildman–Crippen LogP) is 3.19. The van der Waals surface area contributed by atoms with Gasteiger partial charge in [-0.25, -0.2) is 9.37 Å². The van der Waals surface area contributed by atoms with Crippen LogP contribution in [0.2, 0.25) is 0 Å². The number of benzene rings is 1. The molecule has 3 rings (SSSR count). The number of carbonyl (C=O) groups is 1. The molecule has 2 heterocycles. The summed E-state index contributed by atoms with van der Waals surface area (Å²) < 4.78 is 20.3. The number of rotatable bonds is 6. The van der Waals surface area contributed by atoms with Crippen molar-refractivity contribution in [2.75, 3.05) is 7.11 Å². The maximum Gasteiger partial charge on any atom is 0.271 e. The van der Waals surface area contributed by atoms with Crippen LogP contribution in [-0.2, 0) is 11.8 Å². The molecular weight excluding hydrogens is 355 g/mol. The van der Waals surface area contributed by atoms with Gasteiger partial charge >= 0.3 is 0 Å². The molecule has 0 aliphatic rings. The third-order valence-electron chi connectivity index (χ3n) is 3.95. The number of nitrogens with one attached hydrogen (secondary N) is 1. The number of halogens is 1. The van der Waals surface area contributed by atoms with Crippen LogP contribution in [0.5, 0.6) is 0 Å². The van der Waals surface area contributed by atoms with E-state index < -0.39 is 6.10 Å². The van der Waals surface area contributed by atoms with Crippen LogP contribution in [0.3, 0.4) is 0 Å². The first-order valence-corrected chi connectivity index (χ1v) is 8.89. The third-order valence-corrected chi connectivity index (χ3v) is 4.85. The molecule has 26 heavy (non-hydrogen) atoms. The highest BCUT2D eigenvalue weighted by atomic mass is 32.1. The minimum absolute atomic E-state index is 0.284. The summed E-state index contributed by atoms with van der Waals surface area (Å²) in [4.78, 5) is 16.9. The highest BCUT2D eigenvalue weighted by Crippen LogP contribution is 2.24. The fourth-order valence-corrected chi connectivity index (χ4v) is 3.46. The fraction of sp³-hybridized carbons (Fsp3) is 0.278. The zero-order valence-electron chi connectivity index (χ0n) is 14.6. The zero-order chi connectivity index (χ0) is 18.7. The Kier molecular flexibility index (Phi) is 5.43. The van der Waals surface area contributed by atoms with Crippen LogP contribution in [0.4, 0.5) is 4.39 Å². The summed E-state index contributed by atoms with van der Waals surface area (Å²) >= 11 is 1.39. The molecule has 2 aromatic heterocycles. The Balaban J connectivity index is 1.70. The number of nitrogens with zero attached hydrogens (tertiary/aromatic N) is 3. The van der Waals surface area contributed by atoms with Gasteiger partial charge in [0, 0.05) is 31.3 Å². The van der Waals surface area contributed by atoms with Crippen molar-refractivity contribution < 1.29 is 13.9 Å². The normalized spacial score (nSPS) is 13.4. The molecule has 8 heteroatoms. The second-order valence-electron chi connectivity index (χ2n) is 5.91. The number of ether oxygens (including phenoxy) is 1. The second kappa shape index (κ2) is 7.76. The average molecular weight is 374 g/mol. The monoisotopic (exact) mass is 374 g/mol. The number of hydrogen-bond donors (Lipinski definition) is 1. The first-order chi connectivity index (χ1) is 12.5. The van der Waals surface area contributed by atoms with E-state index in [2.05, 4.69) is 15.4 Å². The summed E-state index contributed by atoms with van der Waals surface area (Å²) in [5.74, 6) is -0.598. The molecule has 0 aliphatic heterocycles. The van der Waals surface area contributed by atoms with E-state index in [1.54, 1.807) is 35.5 Å². The number of amides is 1. The van der Waals surface area contributed by atoms with Crippen molar-refractivity contribution in [3.8, 4) is 10.6 Å². The number of aryl methyl sites for hydroxylation is 1. The van der Waals surface area contributed by atoms with E-state index in [9.17, 15) is 9.18 Å². The number of methoxy groups -OCH3 is 1. The van der Waals surface area contributed by atoms with Crippen molar-refractivity contribution in [1.29, 1.82) is 0 Å². The molecule has 136 valence electrons.